The van der Waals surface area contributed by atoms with Gasteiger partial charge in [-0.3, -0.25) is 14.4 Å². The molecule has 0 radical (unpaired) electrons. The molecule has 4 aliphatic rings. The number of ketones is 1. The Bertz CT molecular complexity index is 823. The summed E-state index contributed by atoms with van der Waals surface area (Å²) in [6, 6.07) is 0. The van der Waals surface area contributed by atoms with E-state index in [0.717, 1.165) is 50.5 Å². The summed E-state index contributed by atoms with van der Waals surface area (Å²) >= 11 is 0. The smallest absolute Gasteiger partial charge is 0.303 e. The quantitative estimate of drug-likeness (QED) is 0.499. The lowest BCUT2D eigenvalue weighted by atomic mass is 9.47. The Kier molecular flexibility index (Phi) is 5.44. The maximum atomic E-state index is 12.8. The van der Waals surface area contributed by atoms with E-state index < -0.39 is 5.97 Å². The fraction of sp³-hybridized carbons (Fsp3) is 0.720. The number of Topliss-reactive ketones (excluding diaryl/α,β-unsaturated/α-hetero) is 1. The van der Waals surface area contributed by atoms with Crippen LogP contribution in [-0.4, -0.2) is 30.4 Å². The third-order valence-corrected chi connectivity index (χ3v) is 8.68. The maximum absolute atomic E-state index is 12.8. The first-order valence-electron chi connectivity index (χ1n) is 11.4. The molecule has 5 nitrogen and oxygen atoms in total. The van der Waals surface area contributed by atoms with Crippen LogP contribution in [0.4, 0.5) is 0 Å². The van der Waals surface area contributed by atoms with Crippen molar-refractivity contribution >= 4 is 17.7 Å². The van der Waals surface area contributed by atoms with E-state index in [1.807, 2.05) is 0 Å². The molecule has 0 unspecified atom stereocenters. The van der Waals surface area contributed by atoms with Crippen LogP contribution in [0.15, 0.2) is 23.3 Å². The Morgan fingerprint density at radius 2 is 1.70 bits per heavy atom. The normalized spacial score (nSPS) is 39.6. The van der Waals surface area contributed by atoms with Crippen LogP contribution in [-0.2, 0) is 23.9 Å². The molecule has 0 amide bonds. The van der Waals surface area contributed by atoms with Crippen LogP contribution in [0.2, 0.25) is 0 Å². The summed E-state index contributed by atoms with van der Waals surface area (Å²) in [4.78, 5) is 35.3. The molecule has 0 heterocycles. The monoisotopic (exact) mass is 414 g/mol. The molecule has 0 aliphatic heterocycles. The molecule has 0 aromatic heterocycles. The lowest BCUT2D eigenvalue weighted by molar-refractivity contribution is -0.148. The first-order chi connectivity index (χ1) is 14.1. The molecule has 2 fully saturated rings. The van der Waals surface area contributed by atoms with Gasteiger partial charge >= 0.3 is 11.9 Å². The molecule has 0 spiro atoms. The molecule has 0 aromatic rings. The highest BCUT2D eigenvalue weighted by atomic mass is 16.5. The molecule has 0 saturated heterocycles. The van der Waals surface area contributed by atoms with Gasteiger partial charge in [-0.1, -0.05) is 31.6 Å². The van der Waals surface area contributed by atoms with Crippen molar-refractivity contribution in [2.45, 2.75) is 78.7 Å². The summed E-state index contributed by atoms with van der Waals surface area (Å²) in [6.45, 7) is 7.36. The van der Waals surface area contributed by atoms with Crippen LogP contribution >= 0.6 is 0 Å². The number of allylic oxidation sites excluding steroid dienone is 2. The summed E-state index contributed by atoms with van der Waals surface area (Å²) < 4.78 is 10.5. The predicted molar refractivity (Wildman–Crippen MR) is 112 cm³/mol. The standard InChI is InChI=1S/C25H34O5/c1-15(26)29-14-23(28)22-8-7-20-19-6-5-17-13-18(30-16(2)27)9-11-24(17,3)21(19)10-12-25(20,22)4/h5,8,18-21H,6-7,9-14H2,1-4H3/t18-,19+,20+,21+,24-,25-/m0/s1. The maximum Gasteiger partial charge on any atom is 0.303 e. The zero-order chi connectivity index (χ0) is 21.7. The lowest BCUT2D eigenvalue weighted by Crippen LogP contribution is -2.50. The van der Waals surface area contributed by atoms with E-state index in [1.165, 1.54) is 19.4 Å². The summed E-state index contributed by atoms with van der Waals surface area (Å²) in [5.74, 6) is 1.02. The van der Waals surface area contributed by atoms with Crippen LogP contribution in [0.1, 0.15) is 72.6 Å². The number of rotatable bonds is 4. The van der Waals surface area contributed by atoms with Crippen molar-refractivity contribution in [1.82, 2.24) is 0 Å². The highest BCUT2D eigenvalue weighted by molar-refractivity contribution is 5.99. The number of carbonyl (C=O) groups is 3. The largest absolute Gasteiger partial charge is 0.462 e. The van der Waals surface area contributed by atoms with E-state index in [2.05, 4.69) is 26.0 Å². The third kappa shape index (κ3) is 3.44. The first kappa shape index (κ1) is 21.3. The van der Waals surface area contributed by atoms with Gasteiger partial charge < -0.3 is 9.47 Å². The average molecular weight is 415 g/mol. The fourth-order valence-electron chi connectivity index (χ4n) is 7.21. The van der Waals surface area contributed by atoms with Crippen LogP contribution in [0, 0.1) is 28.6 Å². The summed E-state index contributed by atoms with van der Waals surface area (Å²) in [5.41, 5.74) is 2.41. The van der Waals surface area contributed by atoms with Crippen molar-refractivity contribution in [3.63, 3.8) is 0 Å². The van der Waals surface area contributed by atoms with Crippen molar-refractivity contribution in [2.24, 2.45) is 28.6 Å². The Balaban J connectivity index is 1.52. The average Bonchev–Trinajstić information content (AvgIpc) is 3.03. The molecule has 6 atom stereocenters. The van der Waals surface area contributed by atoms with Crippen LogP contribution in [0.25, 0.3) is 0 Å². The van der Waals surface area contributed by atoms with Gasteiger partial charge in [0, 0.05) is 25.8 Å². The van der Waals surface area contributed by atoms with E-state index in [1.54, 1.807) is 0 Å². The van der Waals surface area contributed by atoms with Crippen molar-refractivity contribution in [1.29, 1.82) is 0 Å². The molecule has 4 rings (SSSR count). The van der Waals surface area contributed by atoms with Gasteiger partial charge in [0.1, 0.15) is 6.10 Å². The zero-order valence-electron chi connectivity index (χ0n) is 18.7. The van der Waals surface area contributed by atoms with Gasteiger partial charge in [-0.15, -0.1) is 0 Å². The molecule has 0 N–H and O–H groups in total. The fourth-order valence-corrected chi connectivity index (χ4v) is 7.21. The van der Waals surface area contributed by atoms with E-state index in [4.69, 9.17) is 9.47 Å². The molecule has 0 bridgehead atoms. The topological polar surface area (TPSA) is 69.7 Å². The third-order valence-electron chi connectivity index (χ3n) is 8.68. The Morgan fingerprint density at radius 1 is 0.967 bits per heavy atom. The van der Waals surface area contributed by atoms with Crippen molar-refractivity contribution in [3.05, 3.63) is 23.3 Å². The van der Waals surface area contributed by atoms with E-state index in [-0.39, 0.29) is 35.3 Å². The second-order valence-electron chi connectivity index (χ2n) is 10.2. The molecule has 5 heteroatoms. The van der Waals surface area contributed by atoms with Crippen LogP contribution in [0.3, 0.4) is 0 Å². The molecule has 4 aliphatic carbocycles. The molecular weight excluding hydrogens is 380 g/mol. The van der Waals surface area contributed by atoms with Crippen molar-refractivity contribution in [2.75, 3.05) is 6.61 Å². The van der Waals surface area contributed by atoms with Gasteiger partial charge in [-0.05, 0) is 67.1 Å². The predicted octanol–water partition coefficient (Wildman–Crippen LogP) is 4.55. The number of hydrogen-bond donors (Lipinski definition) is 0. The first-order valence-corrected chi connectivity index (χ1v) is 11.4. The molecule has 30 heavy (non-hydrogen) atoms. The van der Waals surface area contributed by atoms with E-state index in [9.17, 15) is 14.4 Å². The minimum atomic E-state index is -0.408. The van der Waals surface area contributed by atoms with E-state index >= 15 is 0 Å². The zero-order valence-corrected chi connectivity index (χ0v) is 18.7. The molecular formula is C25H34O5. The highest BCUT2D eigenvalue weighted by Crippen LogP contribution is 2.65. The van der Waals surface area contributed by atoms with Crippen LogP contribution < -0.4 is 0 Å². The summed E-state index contributed by atoms with van der Waals surface area (Å²) in [5, 5.41) is 0. The molecule has 0 aromatic carbocycles. The van der Waals surface area contributed by atoms with Gasteiger partial charge in [-0.2, -0.15) is 0 Å². The molecule has 164 valence electrons. The minimum absolute atomic E-state index is 0.0193. The van der Waals surface area contributed by atoms with Crippen molar-refractivity contribution < 1.29 is 23.9 Å². The number of ether oxygens (including phenoxy) is 2. The Hall–Kier alpha value is -1.91. The Morgan fingerprint density at radius 3 is 2.40 bits per heavy atom. The summed E-state index contributed by atoms with van der Waals surface area (Å²) in [6.07, 6.45) is 11.5. The second-order valence-corrected chi connectivity index (χ2v) is 10.2. The Labute approximate surface area is 179 Å². The lowest BCUT2D eigenvalue weighted by Gasteiger charge is -2.57. The minimum Gasteiger partial charge on any atom is -0.462 e. The second kappa shape index (κ2) is 7.65. The molecule has 2 saturated carbocycles. The van der Waals surface area contributed by atoms with Gasteiger partial charge in [0.2, 0.25) is 0 Å². The van der Waals surface area contributed by atoms with E-state index in [0.29, 0.717) is 17.8 Å². The van der Waals surface area contributed by atoms with Crippen molar-refractivity contribution in [3.8, 4) is 0 Å². The number of esters is 2. The van der Waals surface area contributed by atoms with Gasteiger partial charge in [0.25, 0.3) is 0 Å². The SMILES string of the molecule is CC(=O)OCC(=O)C1=CC[C@@H]2[C@H]3CC=C4C[C@@H](OC(C)=O)CC[C@]4(C)[C@@H]3CC[C@]12C. The highest BCUT2D eigenvalue weighted by Gasteiger charge is 2.57. The van der Waals surface area contributed by atoms with Gasteiger partial charge in [0.05, 0.1) is 0 Å². The van der Waals surface area contributed by atoms with Gasteiger partial charge in [-0.25, -0.2) is 0 Å². The van der Waals surface area contributed by atoms with Gasteiger partial charge in [0.15, 0.2) is 12.4 Å². The number of hydrogen-bond acceptors (Lipinski definition) is 5. The number of carbonyl (C=O) groups excluding carboxylic acids is 3. The summed E-state index contributed by atoms with van der Waals surface area (Å²) in [7, 11) is 0. The number of fused-ring (bicyclic) bond motifs is 5. The van der Waals surface area contributed by atoms with Crippen LogP contribution in [0.5, 0.6) is 0 Å².